The molecule has 1 N–H and O–H groups in total. The molecule has 0 aliphatic rings. The molecule has 0 aliphatic heterocycles. The molecular formula is C17H18Cl2N2O2. The topological polar surface area (TPSA) is 42.8 Å². The van der Waals surface area contributed by atoms with Gasteiger partial charge in [-0.1, -0.05) is 23.2 Å². The summed E-state index contributed by atoms with van der Waals surface area (Å²) >= 11 is 11.8. The number of anilines is 1. The highest BCUT2D eigenvalue weighted by Gasteiger charge is 2.05. The van der Waals surface area contributed by atoms with Crippen LogP contribution in [0.2, 0.25) is 10.0 Å². The lowest BCUT2D eigenvalue weighted by molar-refractivity contribution is 0.288. The molecule has 0 aliphatic carbocycles. The summed E-state index contributed by atoms with van der Waals surface area (Å²) in [6.45, 7) is 5.03. The third-order valence-corrected chi connectivity index (χ3v) is 3.63. The van der Waals surface area contributed by atoms with Gasteiger partial charge in [-0.25, -0.2) is 0 Å². The first kappa shape index (κ1) is 17.4. The van der Waals surface area contributed by atoms with Crippen molar-refractivity contribution in [2.75, 3.05) is 18.6 Å². The third-order valence-electron chi connectivity index (χ3n) is 2.89. The Kier molecular flexibility index (Phi) is 6.56. The Morgan fingerprint density at radius 2 is 1.70 bits per heavy atom. The second-order valence-corrected chi connectivity index (χ2v) is 5.39. The first-order chi connectivity index (χ1) is 11.1. The fourth-order valence-electron chi connectivity index (χ4n) is 1.90. The molecule has 0 saturated heterocycles. The fourth-order valence-corrected chi connectivity index (χ4v) is 2.19. The van der Waals surface area contributed by atoms with Gasteiger partial charge in [0.05, 0.1) is 35.2 Å². The third kappa shape index (κ3) is 5.05. The zero-order chi connectivity index (χ0) is 16.7. The molecule has 2 aromatic carbocycles. The van der Waals surface area contributed by atoms with Gasteiger partial charge in [-0.2, -0.15) is 5.10 Å². The standard InChI is InChI=1S/C17H18Cl2N2O2/c1-3-22-16-8-5-12(9-17(16)23-4-2)11-20-21-13-6-7-14(18)15(19)10-13/h5-11,21H,3-4H2,1-2H3. The first-order valence-electron chi connectivity index (χ1n) is 7.27. The van der Waals surface area contributed by atoms with Gasteiger partial charge in [0, 0.05) is 0 Å². The summed E-state index contributed by atoms with van der Waals surface area (Å²) in [5.41, 5.74) is 4.56. The lowest BCUT2D eigenvalue weighted by Crippen LogP contribution is -1.99. The largest absolute Gasteiger partial charge is 0.490 e. The quantitative estimate of drug-likeness (QED) is 0.547. The van der Waals surface area contributed by atoms with E-state index in [0.717, 1.165) is 17.0 Å². The fraction of sp³-hybridized carbons (Fsp3) is 0.235. The van der Waals surface area contributed by atoms with Crippen molar-refractivity contribution in [3.8, 4) is 11.5 Å². The van der Waals surface area contributed by atoms with Gasteiger partial charge in [-0.05, 0) is 55.8 Å². The van der Waals surface area contributed by atoms with Gasteiger partial charge in [0.15, 0.2) is 11.5 Å². The van der Waals surface area contributed by atoms with Gasteiger partial charge in [-0.3, -0.25) is 5.43 Å². The van der Waals surface area contributed by atoms with Crippen LogP contribution in [0.4, 0.5) is 5.69 Å². The maximum Gasteiger partial charge on any atom is 0.161 e. The monoisotopic (exact) mass is 352 g/mol. The molecule has 0 unspecified atom stereocenters. The van der Waals surface area contributed by atoms with Gasteiger partial charge in [0.25, 0.3) is 0 Å². The highest BCUT2D eigenvalue weighted by atomic mass is 35.5. The van der Waals surface area contributed by atoms with Gasteiger partial charge >= 0.3 is 0 Å². The lowest BCUT2D eigenvalue weighted by Gasteiger charge is -2.11. The van der Waals surface area contributed by atoms with Crippen LogP contribution in [-0.4, -0.2) is 19.4 Å². The van der Waals surface area contributed by atoms with E-state index in [-0.39, 0.29) is 0 Å². The molecule has 0 heterocycles. The van der Waals surface area contributed by atoms with Crippen LogP contribution in [0.1, 0.15) is 19.4 Å². The summed E-state index contributed by atoms with van der Waals surface area (Å²) in [6.07, 6.45) is 1.70. The van der Waals surface area contributed by atoms with Crippen molar-refractivity contribution in [3.63, 3.8) is 0 Å². The van der Waals surface area contributed by atoms with Crippen LogP contribution in [0.25, 0.3) is 0 Å². The normalized spacial score (nSPS) is 10.8. The number of nitrogens with zero attached hydrogens (tertiary/aromatic N) is 1. The average Bonchev–Trinajstić information content (AvgIpc) is 2.54. The van der Waals surface area contributed by atoms with Crippen molar-refractivity contribution in [2.24, 2.45) is 5.10 Å². The Bertz CT molecular complexity index is 690. The maximum absolute atomic E-state index is 5.96. The summed E-state index contributed by atoms with van der Waals surface area (Å²) < 4.78 is 11.1. The first-order valence-corrected chi connectivity index (χ1v) is 8.03. The van der Waals surface area contributed by atoms with E-state index in [2.05, 4.69) is 10.5 Å². The molecule has 4 nitrogen and oxygen atoms in total. The Balaban J connectivity index is 2.09. The molecule has 0 bridgehead atoms. The van der Waals surface area contributed by atoms with Gasteiger partial charge in [0.1, 0.15) is 0 Å². The number of halogens is 2. The van der Waals surface area contributed by atoms with E-state index in [1.807, 2.05) is 32.0 Å². The number of hydrogen-bond donors (Lipinski definition) is 1. The van der Waals surface area contributed by atoms with E-state index in [4.69, 9.17) is 32.7 Å². The van der Waals surface area contributed by atoms with E-state index in [9.17, 15) is 0 Å². The van der Waals surface area contributed by atoms with E-state index < -0.39 is 0 Å². The molecule has 0 spiro atoms. The molecule has 0 aromatic heterocycles. The van der Waals surface area contributed by atoms with Crippen LogP contribution in [0.15, 0.2) is 41.5 Å². The van der Waals surface area contributed by atoms with Crippen LogP contribution in [0.3, 0.4) is 0 Å². The second kappa shape index (κ2) is 8.65. The van der Waals surface area contributed by atoms with Crippen LogP contribution < -0.4 is 14.9 Å². The van der Waals surface area contributed by atoms with Crippen molar-refractivity contribution < 1.29 is 9.47 Å². The predicted octanol–water partition coefficient (Wildman–Crippen LogP) is 5.24. The summed E-state index contributed by atoms with van der Waals surface area (Å²) in [5.74, 6) is 1.43. The smallest absolute Gasteiger partial charge is 0.161 e. The van der Waals surface area contributed by atoms with Crippen molar-refractivity contribution in [1.29, 1.82) is 0 Å². The Labute approximate surface area is 146 Å². The maximum atomic E-state index is 5.96. The molecule has 0 saturated carbocycles. The molecule has 6 heteroatoms. The van der Waals surface area contributed by atoms with Gasteiger partial charge < -0.3 is 9.47 Å². The number of ether oxygens (including phenoxy) is 2. The molecule has 2 aromatic rings. The molecule has 2 rings (SSSR count). The molecule has 23 heavy (non-hydrogen) atoms. The number of benzene rings is 2. The molecule has 122 valence electrons. The van der Waals surface area contributed by atoms with Crippen LogP contribution in [-0.2, 0) is 0 Å². The summed E-state index contributed by atoms with van der Waals surface area (Å²) in [4.78, 5) is 0. The number of nitrogens with one attached hydrogen (secondary N) is 1. The van der Waals surface area contributed by atoms with E-state index in [1.54, 1.807) is 24.4 Å². The van der Waals surface area contributed by atoms with E-state index in [1.165, 1.54) is 0 Å². The highest BCUT2D eigenvalue weighted by Crippen LogP contribution is 2.28. The van der Waals surface area contributed by atoms with E-state index >= 15 is 0 Å². The lowest BCUT2D eigenvalue weighted by atomic mass is 10.2. The molecule has 0 amide bonds. The van der Waals surface area contributed by atoms with E-state index in [0.29, 0.717) is 29.0 Å². The Hall–Kier alpha value is -1.91. The van der Waals surface area contributed by atoms with Crippen molar-refractivity contribution in [3.05, 3.63) is 52.0 Å². The van der Waals surface area contributed by atoms with Crippen molar-refractivity contribution in [1.82, 2.24) is 0 Å². The SMILES string of the molecule is CCOc1ccc(C=NNc2ccc(Cl)c(Cl)c2)cc1OCC. The summed E-state index contributed by atoms with van der Waals surface area (Å²) in [7, 11) is 0. The number of rotatable bonds is 7. The van der Waals surface area contributed by atoms with Crippen LogP contribution >= 0.6 is 23.2 Å². The zero-order valence-electron chi connectivity index (χ0n) is 13.0. The Morgan fingerprint density at radius 1 is 0.957 bits per heavy atom. The number of hydrazone groups is 1. The Morgan fingerprint density at radius 3 is 2.39 bits per heavy atom. The summed E-state index contributed by atoms with van der Waals surface area (Å²) in [6, 6.07) is 10.9. The van der Waals surface area contributed by atoms with Gasteiger partial charge in [-0.15, -0.1) is 0 Å². The van der Waals surface area contributed by atoms with Crippen LogP contribution in [0, 0.1) is 0 Å². The average molecular weight is 353 g/mol. The van der Waals surface area contributed by atoms with Crippen LogP contribution in [0.5, 0.6) is 11.5 Å². The van der Waals surface area contributed by atoms with Crippen molar-refractivity contribution >= 4 is 35.1 Å². The zero-order valence-corrected chi connectivity index (χ0v) is 14.5. The second-order valence-electron chi connectivity index (χ2n) is 4.57. The molecular weight excluding hydrogens is 335 g/mol. The molecule has 0 radical (unpaired) electrons. The summed E-state index contributed by atoms with van der Waals surface area (Å²) in [5, 5.41) is 5.17. The predicted molar refractivity (Wildman–Crippen MR) is 96.5 cm³/mol. The molecule has 0 atom stereocenters. The minimum Gasteiger partial charge on any atom is -0.490 e. The highest BCUT2D eigenvalue weighted by molar-refractivity contribution is 6.42. The minimum absolute atomic E-state index is 0.478. The minimum atomic E-state index is 0.478. The molecule has 0 fully saturated rings. The van der Waals surface area contributed by atoms with Gasteiger partial charge in [0.2, 0.25) is 0 Å². The number of hydrogen-bond acceptors (Lipinski definition) is 4. The van der Waals surface area contributed by atoms with Crippen molar-refractivity contribution in [2.45, 2.75) is 13.8 Å².